The lowest BCUT2D eigenvalue weighted by Gasteiger charge is -2.22. The molecule has 0 aromatic rings. The van der Waals surface area contributed by atoms with Gasteiger partial charge in [-0.05, 0) is 77.0 Å². The van der Waals surface area contributed by atoms with E-state index in [1.54, 1.807) is 0 Å². The lowest BCUT2D eigenvalue weighted by Crippen LogP contribution is -2.45. The van der Waals surface area contributed by atoms with Crippen LogP contribution in [-0.2, 0) is 14.3 Å². The zero-order valence-electron chi connectivity index (χ0n) is 51.5. The fourth-order valence-corrected chi connectivity index (χ4v) is 10.9. The molecule has 0 aliphatic heterocycles. The first-order chi connectivity index (χ1) is 37.5. The maximum Gasteiger partial charge on any atom is 0.305 e. The van der Waals surface area contributed by atoms with E-state index < -0.39 is 12.1 Å². The molecule has 0 fully saturated rings. The third kappa shape index (κ3) is 61.6. The molecule has 0 bridgehead atoms. The summed E-state index contributed by atoms with van der Waals surface area (Å²) in [7, 11) is 0. The average Bonchev–Trinajstić information content (AvgIpc) is 3.42. The van der Waals surface area contributed by atoms with Gasteiger partial charge in [-0.15, -0.1) is 0 Å². The molecule has 2 atom stereocenters. The fourth-order valence-electron chi connectivity index (χ4n) is 10.9. The normalized spacial score (nSPS) is 12.6. The van der Waals surface area contributed by atoms with Gasteiger partial charge in [-0.2, -0.15) is 0 Å². The largest absolute Gasteiger partial charge is 0.466 e. The number of nitrogens with one attached hydrogen (secondary N) is 1. The van der Waals surface area contributed by atoms with Gasteiger partial charge in [0.25, 0.3) is 0 Å². The number of carbonyl (C=O) groups excluding carboxylic acids is 2. The van der Waals surface area contributed by atoms with E-state index in [1.165, 1.54) is 308 Å². The molecule has 0 spiro atoms. The lowest BCUT2D eigenvalue weighted by molar-refractivity contribution is -0.143. The molecule has 76 heavy (non-hydrogen) atoms. The van der Waals surface area contributed by atoms with E-state index >= 15 is 0 Å². The van der Waals surface area contributed by atoms with Crippen LogP contribution in [0.2, 0.25) is 0 Å². The number of unbranched alkanes of at least 4 members (excludes halogenated alkanes) is 50. The van der Waals surface area contributed by atoms with Crippen molar-refractivity contribution in [3.8, 4) is 0 Å². The molecule has 0 aliphatic rings. The van der Waals surface area contributed by atoms with Crippen molar-refractivity contribution < 1.29 is 24.5 Å². The van der Waals surface area contributed by atoms with Crippen LogP contribution in [0.4, 0.5) is 0 Å². The second-order valence-corrected chi connectivity index (χ2v) is 23.9. The zero-order valence-corrected chi connectivity index (χ0v) is 51.5. The van der Waals surface area contributed by atoms with Crippen LogP contribution < -0.4 is 5.32 Å². The Labute approximate surface area is 475 Å². The number of rotatable bonds is 65. The number of amides is 1. The van der Waals surface area contributed by atoms with Gasteiger partial charge < -0.3 is 20.3 Å². The van der Waals surface area contributed by atoms with Crippen molar-refractivity contribution in [2.45, 2.75) is 398 Å². The molecule has 0 saturated heterocycles. The van der Waals surface area contributed by atoms with Gasteiger partial charge in [0.05, 0.1) is 25.4 Å². The Morgan fingerprint density at radius 1 is 0.355 bits per heavy atom. The fraction of sp³-hybridized carbons (Fsp3) is 0.914. The molecular weight excluding hydrogens is 935 g/mol. The van der Waals surface area contributed by atoms with E-state index in [4.69, 9.17) is 4.74 Å². The second-order valence-electron chi connectivity index (χ2n) is 23.9. The van der Waals surface area contributed by atoms with Gasteiger partial charge in [0.2, 0.25) is 5.91 Å². The van der Waals surface area contributed by atoms with Gasteiger partial charge in [-0.25, -0.2) is 0 Å². The standard InChI is InChI=1S/C70H135NO5/c1-3-5-7-9-11-13-15-17-19-32-36-40-44-48-52-56-60-64-70(75)76-65-61-57-53-49-45-41-37-34-31-29-27-25-23-21-20-22-24-26-28-30-33-35-39-43-47-51-55-59-63-69(74)71-67(66-72)68(73)62-58-54-50-46-42-38-18-16-14-12-10-8-6-4-2/h17,19-21,67-68,72-73H,3-16,18,22-66H2,1-2H3,(H,71,74)/b19-17-,21-20-. The second kappa shape index (κ2) is 65.9. The summed E-state index contributed by atoms with van der Waals surface area (Å²) in [5.74, 6) is -0.0195. The molecule has 0 rings (SSSR count). The highest BCUT2D eigenvalue weighted by Gasteiger charge is 2.20. The first-order valence-electron chi connectivity index (χ1n) is 34.6. The summed E-state index contributed by atoms with van der Waals surface area (Å²) >= 11 is 0. The van der Waals surface area contributed by atoms with Crippen LogP contribution in [0.3, 0.4) is 0 Å². The van der Waals surface area contributed by atoms with E-state index in [1.807, 2.05) is 0 Å². The van der Waals surface area contributed by atoms with E-state index in [-0.39, 0.29) is 18.5 Å². The zero-order chi connectivity index (χ0) is 55.0. The van der Waals surface area contributed by atoms with Crippen molar-refractivity contribution in [1.82, 2.24) is 5.32 Å². The molecule has 0 radical (unpaired) electrons. The van der Waals surface area contributed by atoms with Gasteiger partial charge in [0.15, 0.2) is 0 Å². The third-order valence-electron chi connectivity index (χ3n) is 16.2. The van der Waals surface area contributed by atoms with Crippen molar-refractivity contribution in [1.29, 1.82) is 0 Å². The van der Waals surface area contributed by atoms with Gasteiger partial charge in [-0.1, -0.05) is 321 Å². The summed E-state index contributed by atoms with van der Waals surface area (Å²) in [5.41, 5.74) is 0. The number of carbonyl (C=O) groups is 2. The minimum absolute atomic E-state index is 0.0131. The van der Waals surface area contributed by atoms with Crippen molar-refractivity contribution in [3.05, 3.63) is 24.3 Å². The summed E-state index contributed by atoms with van der Waals surface area (Å²) in [6, 6.07) is -0.541. The minimum atomic E-state index is -0.663. The molecule has 0 aromatic carbocycles. The predicted molar refractivity (Wildman–Crippen MR) is 333 cm³/mol. The highest BCUT2D eigenvalue weighted by atomic mass is 16.5. The molecule has 450 valence electrons. The van der Waals surface area contributed by atoms with Gasteiger partial charge >= 0.3 is 5.97 Å². The number of ether oxygens (including phenoxy) is 1. The Kier molecular flexibility index (Phi) is 64.4. The first kappa shape index (κ1) is 74.3. The maximum absolute atomic E-state index is 12.5. The van der Waals surface area contributed by atoms with Crippen molar-refractivity contribution in [3.63, 3.8) is 0 Å². The number of esters is 1. The summed E-state index contributed by atoms with van der Waals surface area (Å²) in [5, 5.41) is 23.3. The molecule has 1 amide bonds. The summed E-state index contributed by atoms with van der Waals surface area (Å²) < 4.78 is 5.50. The SMILES string of the molecule is CCCCCCCC/C=C\CCCCCCCCCC(=O)OCCCCCCCCCCCCCC/C=C\CCCCCCCCCCCCCCC(=O)NC(CO)C(O)CCCCCCCCCCCCCCCC. The van der Waals surface area contributed by atoms with Gasteiger partial charge in [0, 0.05) is 12.8 Å². The molecular formula is C70H135NO5. The Morgan fingerprint density at radius 3 is 0.934 bits per heavy atom. The number of allylic oxidation sites excluding steroid dienone is 4. The van der Waals surface area contributed by atoms with Crippen molar-refractivity contribution in [2.75, 3.05) is 13.2 Å². The topological polar surface area (TPSA) is 95.9 Å². The Bertz CT molecular complexity index is 1190. The molecule has 0 aromatic heterocycles. The van der Waals surface area contributed by atoms with Gasteiger partial charge in [-0.3, -0.25) is 9.59 Å². The molecule has 6 nitrogen and oxygen atoms in total. The highest BCUT2D eigenvalue weighted by molar-refractivity contribution is 5.76. The smallest absolute Gasteiger partial charge is 0.305 e. The monoisotopic (exact) mass is 1070 g/mol. The highest BCUT2D eigenvalue weighted by Crippen LogP contribution is 2.18. The number of hydrogen-bond donors (Lipinski definition) is 3. The van der Waals surface area contributed by atoms with Crippen molar-refractivity contribution >= 4 is 11.9 Å². The van der Waals surface area contributed by atoms with E-state index in [9.17, 15) is 19.8 Å². The lowest BCUT2D eigenvalue weighted by atomic mass is 10.0. The third-order valence-corrected chi connectivity index (χ3v) is 16.2. The summed E-state index contributed by atoms with van der Waals surface area (Å²) in [6.45, 7) is 4.98. The average molecular weight is 1070 g/mol. The molecule has 0 aliphatic carbocycles. The van der Waals surface area contributed by atoms with Crippen molar-refractivity contribution in [2.24, 2.45) is 0 Å². The Hall–Kier alpha value is -1.66. The first-order valence-corrected chi connectivity index (χ1v) is 34.6. The summed E-state index contributed by atoms with van der Waals surface area (Å²) in [6.07, 6.45) is 82.2. The predicted octanol–water partition coefficient (Wildman–Crippen LogP) is 22.1. The Morgan fingerprint density at radius 2 is 0.618 bits per heavy atom. The Balaban J connectivity index is 3.36. The van der Waals surface area contributed by atoms with Crippen LogP contribution in [0, 0.1) is 0 Å². The molecule has 0 heterocycles. The molecule has 6 heteroatoms. The maximum atomic E-state index is 12.5. The van der Waals surface area contributed by atoms with Gasteiger partial charge in [0.1, 0.15) is 0 Å². The van der Waals surface area contributed by atoms with Crippen LogP contribution in [-0.4, -0.2) is 47.4 Å². The summed E-state index contributed by atoms with van der Waals surface area (Å²) in [4.78, 5) is 24.6. The quantitative estimate of drug-likeness (QED) is 0.0320. The molecule has 0 saturated carbocycles. The van der Waals surface area contributed by atoms with E-state index in [0.29, 0.717) is 25.9 Å². The van der Waals surface area contributed by atoms with Crippen LogP contribution in [0.15, 0.2) is 24.3 Å². The molecule has 3 N–H and O–H groups in total. The van der Waals surface area contributed by atoms with Crippen LogP contribution in [0.5, 0.6) is 0 Å². The number of hydrogen-bond acceptors (Lipinski definition) is 5. The van der Waals surface area contributed by atoms with Crippen LogP contribution >= 0.6 is 0 Å². The minimum Gasteiger partial charge on any atom is -0.466 e. The van der Waals surface area contributed by atoms with E-state index in [0.717, 1.165) is 44.9 Å². The number of aliphatic hydroxyl groups excluding tert-OH is 2. The van der Waals surface area contributed by atoms with E-state index in [2.05, 4.69) is 43.5 Å². The molecule has 2 unspecified atom stereocenters. The van der Waals surface area contributed by atoms with Crippen LogP contribution in [0.1, 0.15) is 386 Å². The number of aliphatic hydroxyl groups is 2. The van der Waals surface area contributed by atoms with Crippen LogP contribution in [0.25, 0.3) is 0 Å².